The minimum absolute atomic E-state index is 0.127. The number of nitrogens with zero attached hydrogens (tertiary/aromatic N) is 2. The molecule has 0 bridgehead atoms. The van der Waals surface area contributed by atoms with Crippen LogP contribution in [0.25, 0.3) is 0 Å². The number of rotatable bonds is 6. The maximum atomic E-state index is 12.4. The van der Waals surface area contributed by atoms with Gasteiger partial charge in [-0.1, -0.05) is 0 Å². The van der Waals surface area contributed by atoms with Crippen molar-refractivity contribution < 1.29 is 19.2 Å². The van der Waals surface area contributed by atoms with Gasteiger partial charge in [0.05, 0.1) is 24.2 Å². The highest BCUT2D eigenvalue weighted by Gasteiger charge is 2.26. The molecule has 0 N–H and O–H groups in total. The Morgan fingerprint density at radius 1 is 1.37 bits per heavy atom. The molecule has 0 aliphatic heterocycles. The first-order valence-electron chi connectivity index (χ1n) is 8.73. The first-order valence-corrected chi connectivity index (χ1v) is 9.55. The van der Waals surface area contributed by atoms with Gasteiger partial charge in [0.1, 0.15) is 5.00 Å². The van der Waals surface area contributed by atoms with E-state index in [0.29, 0.717) is 22.7 Å². The number of aryl methyl sites for hydroxylation is 1. The Kier molecular flexibility index (Phi) is 5.85. The third-order valence-electron chi connectivity index (χ3n) is 4.36. The largest absolute Gasteiger partial charge is 0.490 e. The summed E-state index contributed by atoms with van der Waals surface area (Å²) in [7, 11) is 1.39. The van der Waals surface area contributed by atoms with Gasteiger partial charge >= 0.3 is 11.7 Å². The molecule has 1 aliphatic carbocycles. The molecule has 1 aliphatic rings. The van der Waals surface area contributed by atoms with Crippen LogP contribution in [0.15, 0.2) is 23.2 Å². The molecule has 0 fully saturated rings. The number of hydrogen-bond acceptors (Lipinski definition) is 7. The molecule has 0 atom stereocenters. The summed E-state index contributed by atoms with van der Waals surface area (Å²) in [6.07, 6.45) is 5.47. The minimum atomic E-state index is -0.496. The van der Waals surface area contributed by atoms with Crippen LogP contribution in [-0.2, 0) is 17.6 Å². The van der Waals surface area contributed by atoms with Crippen LogP contribution in [0.4, 0.5) is 10.7 Å². The average Bonchev–Trinajstić information content (AvgIpc) is 3.04. The van der Waals surface area contributed by atoms with Crippen molar-refractivity contribution >= 4 is 34.2 Å². The lowest BCUT2D eigenvalue weighted by molar-refractivity contribution is -0.385. The van der Waals surface area contributed by atoms with Crippen LogP contribution < -0.4 is 4.74 Å². The normalized spacial score (nSPS) is 13.4. The van der Waals surface area contributed by atoms with E-state index in [2.05, 4.69) is 4.99 Å². The highest BCUT2D eigenvalue weighted by Crippen LogP contribution is 2.40. The molecular weight excluding hydrogens is 368 g/mol. The number of nitro groups is 1. The van der Waals surface area contributed by atoms with Crippen LogP contribution in [0.3, 0.4) is 0 Å². The monoisotopic (exact) mass is 388 g/mol. The molecule has 0 unspecified atom stereocenters. The van der Waals surface area contributed by atoms with Gasteiger partial charge in [-0.15, -0.1) is 11.3 Å². The van der Waals surface area contributed by atoms with Crippen molar-refractivity contribution in [3.8, 4) is 5.75 Å². The van der Waals surface area contributed by atoms with Crippen molar-refractivity contribution in [2.24, 2.45) is 4.99 Å². The molecule has 2 aromatic rings. The molecule has 7 nitrogen and oxygen atoms in total. The number of carbonyl (C=O) groups is 1. The Morgan fingerprint density at radius 2 is 2.15 bits per heavy atom. The maximum absolute atomic E-state index is 12.4. The summed E-state index contributed by atoms with van der Waals surface area (Å²) in [4.78, 5) is 28.8. The number of thiophene rings is 1. The standard InChI is InChI=1S/C19H20N2O5S/c1-3-26-19(22)17-13-6-4-5-7-16(13)27-18(17)20-11-12-8-9-15(25-2)14(10-12)21(23)24/h8-11H,3-7H2,1-2H3/b20-11+. The van der Waals surface area contributed by atoms with E-state index in [9.17, 15) is 14.9 Å². The molecule has 1 aromatic carbocycles. The minimum Gasteiger partial charge on any atom is -0.490 e. The Bertz CT molecular complexity index is 904. The second-order valence-corrected chi connectivity index (χ2v) is 7.14. The maximum Gasteiger partial charge on any atom is 0.341 e. The average molecular weight is 388 g/mol. The molecule has 1 aromatic heterocycles. The zero-order valence-electron chi connectivity index (χ0n) is 15.2. The summed E-state index contributed by atoms with van der Waals surface area (Å²) in [6, 6.07) is 4.62. The van der Waals surface area contributed by atoms with E-state index in [1.165, 1.54) is 41.7 Å². The smallest absolute Gasteiger partial charge is 0.341 e. The van der Waals surface area contributed by atoms with E-state index in [-0.39, 0.29) is 17.4 Å². The summed E-state index contributed by atoms with van der Waals surface area (Å²) in [5.74, 6) is -0.166. The molecule has 142 valence electrons. The molecule has 0 saturated carbocycles. The zero-order chi connectivity index (χ0) is 19.4. The number of aliphatic imine (C=N–C) groups is 1. The molecule has 0 amide bonds. The van der Waals surface area contributed by atoms with Crippen LogP contribution >= 0.6 is 11.3 Å². The molecule has 27 heavy (non-hydrogen) atoms. The summed E-state index contributed by atoms with van der Waals surface area (Å²) in [6.45, 7) is 2.08. The van der Waals surface area contributed by atoms with Gasteiger partial charge in [0.25, 0.3) is 0 Å². The first-order chi connectivity index (χ1) is 13.0. The van der Waals surface area contributed by atoms with E-state index in [1.54, 1.807) is 13.0 Å². The lowest BCUT2D eigenvalue weighted by atomic mass is 9.95. The van der Waals surface area contributed by atoms with Crippen LogP contribution in [0.5, 0.6) is 5.75 Å². The SMILES string of the molecule is CCOC(=O)c1c(/N=C/c2ccc(OC)c([N+](=O)[O-])c2)sc2c1CCCC2. The number of nitro benzene ring substituents is 1. The van der Waals surface area contributed by atoms with Crippen molar-refractivity contribution in [3.05, 3.63) is 49.9 Å². The summed E-state index contributed by atoms with van der Waals surface area (Å²) in [5, 5.41) is 11.8. The Morgan fingerprint density at radius 3 is 2.85 bits per heavy atom. The summed E-state index contributed by atoms with van der Waals surface area (Å²) >= 11 is 1.50. The Balaban J connectivity index is 1.98. The molecular formula is C19H20N2O5S. The summed E-state index contributed by atoms with van der Waals surface area (Å²) < 4.78 is 10.2. The van der Waals surface area contributed by atoms with Crippen LogP contribution in [0, 0.1) is 10.1 Å². The molecule has 8 heteroatoms. The lowest BCUT2D eigenvalue weighted by Gasteiger charge is -2.11. The first kappa shape index (κ1) is 19.0. The van der Waals surface area contributed by atoms with Crippen LogP contribution in [0.2, 0.25) is 0 Å². The van der Waals surface area contributed by atoms with Gasteiger partial charge in [-0.25, -0.2) is 9.79 Å². The molecule has 0 radical (unpaired) electrons. The Labute approximate surface area is 160 Å². The van der Waals surface area contributed by atoms with Gasteiger partial charge in [-0.2, -0.15) is 0 Å². The highest BCUT2D eigenvalue weighted by atomic mass is 32.1. The second-order valence-electron chi connectivity index (χ2n) is 6.06. The number of fused-ring (bicyclic) bond motifs is 1. The quantitative estimate of drug-likeness (QED) is 0.315. The fraction of sp³-hybridized carbons (Fsp3) is 0.368. The fourth-order valence-electron chi connectivity index (χ4n) is 3.12. The summed E-state index contributed by atoms with van der Waals surface area (Å²) in [5.41, 5.74) is 2.01. The third-order valence-corrected chi connectivity index (χ3v) is 5.56. The number of carbonyl (C=O) groups excluding carboxylic acids is 1. The van der Waals surface area contributed by atoms with Crippen molar-refractivity contribution in [2.75, 3.05) is 13.7 Å². The van der Waals surface area contributed by atoms with E-state index >= 15 is 0 Å². The lowest BCUT2D eigenvalue weighted by Crippen LogP contribution is -2.09. The van der Waals surface area contributed by atoms with Gasteiger partial charge < -0.3 is 9.47 Å². The van der Waals surface area contributed by atoms with Crippen molar-refractivity contribution in [1.82, 2.24) is 0 Å². The molecule has 3 rings (SSSR count). The van der Waals surface area contributed by atoms with Crippen molar-refractivity contribution in [1.29, 1.82) is 0 Å². The van der Waals surface area contributed by atoms with Crippen molar-refractivity contribution in [2.45, 2.75) is 32.6 Å². The number of esters is 1. The van der Waals surface area contributed by atoms with Gasteiger partial charge in [0.2, 0.25) is 0 Å². The highest BCUT2D eigenvalue weighted by molar-refractivity contribution is 7.16. The number of benzene rings is 1. The third kappa shape index (κ3) is 4.00. The zero-order valence-corrected chi connectivity index (χ0v) is 16.0. The molecule has 1 heterocycles. The van der Waals surface area contributed by atoms with Crippen molar-refractivity contribution in [3.63, 3.8) is 0 Å². The Hall–Kier alpha value is -2.74. The molecule has 0 spiro atoms. The van der Waals surface area contributed by atoms with Gasteiger partial charge in [0.15, 0.2) is 5.75 Å². The number of ether oxygens (including phenoxy) is 2. The van der Waals surface area contributed by atoms with Crippen LogP contribution in [0.1, 0.15) is 46.1 Å². The fourth-order valence-corrected chi connectivity index (χ4v) is 4.34. The van der Waals surface area contributed by atoms with E-state index in [4.69, 9.17) is 9.47 Å². The van der Waals surface area contributed by atoms with Gasteiger partial charge in [-0.3, -0.25) is 10.1 Å². The van der Waals surface area contributed by atoms with Gasteiger partial charge in [-0.05, 0) is 55.9 Å². The second kappa shape index (κ2) is 8.30. The topological polar surface area (TPSA) is 91.0 Å². The number of methoxy groups -OCH3 is 1. The predicted molar refractivity (Wildman–Crippen MR) is 104 cm³/mol. The molecule has 0 saturated heterocycles. The van der Waals surface area contributed by atoms with E-state index < -0.39 is 4.92 Å². The van der Waals surface area contributed by atoms with E-state index in [1.807, 2.05) is 0 Å². The predicted octanol–water partition coefficient (Wildman–Crippen LogP) is 4.47. The van der Waals surface area contributed by atoms with Crippen LogP contribution in [-0.4, -0.2) is 30.8 Å². The number of hydrogen-bond donors (Lipinski definition) is 0. The van der Waals surface area contributed by atoms with E-state index in [0.717, 1.165) is 31.2 Å². The van der Waals surface area contributed by atoms with Gasteiger partial charge in [0, 0.05) is 17.2 Å².